The molecule has 1 aromatic carbocycles. The molecule has 3 aromatic rings. The average molecular weight is 329 g/mol. The van der Waals surface area contributed by atoms with Crippen molar-refractivity contribution in [2.45, 2.75) is 6.54 Å². The van der Waals surface area contributed by atoms with Gasteiger partial charge in [0.2, 0.25) is 0 Å². The second-order valence-corrected chi connectivity index (χ2v) is 5.42. The molecule has 0 spiro atoms. The third kappa shape index (κ3) is 3.36. The van der Waals surface area contributed by atoms with Gasteiger partial charge in [0.25, 0.3) is 0 Å². The first-order valence-electron chi connectivity index (χ1n) is 7.25. The summed E-state index contributed by atoms with van der Waals surface area (Å²) in [5, 5.41) is 0.459. The van der Waals surface area contributed by atoms with Gasteiger partial charge in [-0.05, 0) is 36.4 Å². The van der Waals surface area contributed by atoms with E-state index in [1.807, 2.05) is 41.1 Å². The van der Waals surface area contributed by atoms with Crippen LogP contribution < -0.4 is 10.5 Å². The summed E-state index contributed by atoms with van der Waals surface area (Å²) in [6, 6.07) is 11.5. The molecule has 0 saturated heterocycles. The lowest BCUT2D eigenvalue weighted by molar-refractivity contribution is 0.415. The van der Waals surface area contributed by atoms with Crippen LogP contribution in [0.5, 0.6) is 5.75 Å². The van der Waals surface area contributed by atoms with Gasteiger partial charge in [0.1, 0.15) is 16.7 Å². The minimum Gasteiger partial charge on any atom is -0.497 e. The van der Waals surface area contributed by atoms with E-state index in [0.29, 0.717) is 18.2 Å². The van der Waals surface area contributed by atoms with E-state index in [1.54, 1.807) is 19.4 Å². The normalized spacial score (nSPS) is 10.7. The number of nitrogens with zero attached hydrogens (tertiary/aromatic N) is 3. The molecule has 0 atom stereocenters. The molecule has 0 saturated carbocycles. The SMILES string of the molecule is COc1ccc(-c2cn(CCN)c(-c3ccc(Cl)nc3)n2)cc1. The van der Waals surface area contributed by atoms with Crippen molar-refractivity contribution < 1.29 is 4.74 Å². The zero-order chi connectivity index (χ0) is 16.2. The van der Waals surface area contributed by atoms with Crippen molar-refractivity contribution in [3.8, 4) is 28.4 Å². The molecule has 118 valence electrons. The number of benzene rings is 1. The quantitative estimate of drug-likeness (QED) is 0.730. The van der Waals surface area contributed by atoms with Crippen molar-refractivity contribution in [2.24, 2.45) is 5.73 Å². The fourth-order valence-electron chi connectivity index (χ4n) is 2.36. The van der Waals surface area contributed by atoms with Crippen molar-refractivity contribution in [3.63, 3.8) is 0 Å². The molecule has 23 heavy (non-hydrogen) atoms. The number of pyridine rings is 1. The lowest BCUT2D eigenvalue weighted by atomic mass is 10.1. The molecule has 0 radical (unpaired) electrons. The first-order valence-corrected chi connectivity index (χ1v) is 7.62. The Balaban J connectivity index is 2.02. The maximum atomic E-state index is 5.86. The number of imidazole rings is 1. The first kappa shape index (κ1) is 15.5. The number of methoxy groups -OCH3 is 1. The zero-order valence-corrected chi connectivity index (χ0v) is 13.5. The van der Waals surface area contributed by atoms with E-state index < -0.39 is 0 Å². The molecule has 0 fully saturated rings. The molecule has 5 nitrogen and oxygen atoms in total. The van der Waals surface area contributed by atoms with E-state index in [-0.39, 0.29) is 0 Å². The van der Waals surface area contributed by atoms with Crippen LogP contribution >= 0.6 is 11.6 Å². The summed E-state index contributed by atoms with van der Waals surface area (Å²) >= 11 is 5.86. The lowest BCUT2D eigenvalue weighted by Crippen LogP contribution is -2.10. The number of hydrogen-bond acceptors (Lipinski definition) is 4. The molecular formula is C17H17ClN4O. The second kappa shape index (κ2) is 6.81. The summed E-state index contributed by atoms with van der Waals surface area (Å²) in [7, 11) is 1.65. The minimum absolute atomic E-state index is 0.459. The Bertz CT molecular complexity index is 781. The Hall–Kier alpha value is -2.37. The van der Waals surface area contributed by atoms with Gasteiger partial charge in [0, 0.05) is 36.6 Å². The Morgan fingerprint density at radius 1 is 1.13 bits per heavy atom. The van der Waals surface area contributed by atoms with Crippen molar-refractivity contribution >= 4 is 11.6 Å². The van der Waals surface area contributed by atoms with Gasteiger partial charge in [-0.25, -0.2) is 9.97 Å². The average Bonchev–Trinajstić information content (AvgIpc) is 3.00. The van der Waals surface area contributed by atoms with Crippen LogP contribution in [0, 0.1) is 0 Å². The first-order chi connectivity index (χ1) is 11.2. The molecule has 2 aromatic heterocycles. The highest BCUT2D eigenvalue weighted by Gasteiger charge is 2.12. The summed E-state index contributed by atoms with van der Waals surface area (Å²) in [5.41, 5.74) is 8.52. The second-order valence-electron chi connectivity index (χ2n) is 5.03. The minimum atomic E-state index is 0.459. The standard InChI is InChI=1S/C17H17ClN4O/c1-23-14-5-2-12(3-6-14)15-11-22(9-8-19)17(21-15)13-4-7-16(18)20-10-13/h2-7,10-11H,8-9,19H2,1H3. The van der Waals surface area contributed by atoms with Gasteiger partial charge in [-0.15, -0.1) is 0 Å². The van der Waals surface area contributed by atoms with Gasteiger partial charge in [-0.1, -0.05) is 11.6 Å². The molecule has 6 heteroatoms. The maximum Gasteiger partial charge on any atom is 0.142 e. The number of rotatable bonds is 5. The van der Waals surface area contributed by atoms with E-state index in [0.717, 1.165) is 28.4 Å². The van der Waals surface area contributed by atoms with Gasteiger partial charge >= 0.3 is 0 Å². The van der Waals surface area contributed by atoms with E-state index in [4.69, 9.17) is 27.1 Å². The van der Waals surface area contributed by atoms with E-state index in [1.165, 1.54) is 0 Å². The van der Waals surface area contributed by atoms with Gasteiger partial charge in [0.05, 0.1) is 12.8 Å². The molecular weight excluding hydrogens is 312 g/mol. The third-order valence-corrected chi connectivity index (χ3v) is 3.74. The molecule has 2 N–H and O–H groups in total. The molecule has 0 unspecified atom stereocenters. The van der Waals surface area contributed by atoms with Crippen LogP contribution in [0.15, 0.2) is 48.8 Å². The van der Waals surface area contributed by atoms with Gasteiger partial charge in [0.15, 0.2) is 0 Å². The third-order valence-electron chi connectivity index (χ3n) is 3.52. The summed E-state index contributed by atoms with van der Waals surface area (Å²) in [6.07, 6.45) is 3.72. The van der Waals surface area contributed by atoms with E-state index >= 15 is 0 Å². The topological polar surface area (TPSA) is 66.0 Å². The van der Waals surface area contributed by atoms with Crippen LogP contribution in [0.25, 0.3) is 22.6 Å². The highest BCUT2D eigenvalue weighted by atomic mass is 35.5. The van der Waals surface area contributed by atoms with Gasteiger partial charge in [-0.2, -0.15) is 0 Å². The zero-order valence-electron chi connectivity index (χ0n) is 12.7. The van der Waals surface area contributed by atoms with Gasteiger partial charge < -0.3 is 15.0 Å². The number of nitrogens with two attached hydrogens (primary N) is 1. The van der Waals surface area contributed by atoms with Crippen LogP contribution in [-0.2, 0) is 6.54 Å². The Morgan fingerprint density at radius 3 is 2.48 bits per heavy atom. The van der Waals surface area contributed by atoms with Crippen LogP contribution in [0.1, 0.15) is 0 Å². The predicted molar refractivity (Wildman–Crippen MR) is 91.5 cm³/mol. The highest BCUT2D eigenvalue weighted by molar-refractivity contribution is 6.29. The molecule has 2 heterocycles. The van der Waals surface area contributed by atoms with E-state index in [9.17, 15) is 0 Å². The molecule has 0 aliphatic heterocycles. The number of ether oxygens (including phenoxy) is 1. The number of aromatic nitrogens is 3. The fourth-order valence-corrected chi connectivity index (χ4v) is 2.48. The Labute approximate surface area is 139 Å². The van der Waals surface area contributed by atoms with Crippen LogP contribution in [0.2, 0.25) is 5.15 Å². The van der Waals surface area contributed by atoms with Crippen LogP contribution in [-0.4, -0.2) is 28.2 Å². The molecule has 0 bridgehead atoms. The molecule has 0 amide bonds. The molecule has 0 aliphatic rings. The fraction of sp³-hybridized carbons (Fsp3) is 0.176. The molecule has 0 aliphatic carbocycles. The van der Waals surface area contributed by atoms with Crippen molar-refractivity contribution in [3.05, 3.63) is 53.9 Å². The van der Waals surface area contributed by atoms with Crippen molar-refractivity contribution in [2.75, 3.05) is 13.7 Å². The van der Waals surface area contributed by atoms with Gasteiger partial charge in [-0.3, -0.25) is 0 Å². The summed E-state index contributed by atoms with van der Waals surface area (Å²) < 4.78 is 7.22. The monoisotopic (exact) mass is 328 g/mol. The molecule has 3 rings (SSSR count). The Morgan fingerprint density at radius 2 is 1.87 bits per heavy atom. The lowest BCUT2D eigenvalue weighted by Gasteiger charge is -2.05. The maximum absolute atomic E-state index is 5.86. The van der Waals surface area contributed by atoms with E-state index in [2.05, 4.69) is 4.98 Å². The smallest absolute Gasteiger partial charge is 0.142 e. The van der Waals surface area contributed by atoms with Crippen LogP contribution in [0.3, 0.4) is 0 Å². The number of halogens is 1. The number of hydrogen-bond donors (Lipinski definition) is 1. The van der Waals surface area contributed by atoms with Crippen molar-refractivity contribution in [1.29, 1.82) is 0 Å². The largest absolute Gasteiger partial charge is 0.497 e. The summed E-state index contributed by atoms with van der Waals surface area (Å²) in [6.45, 7) is 1.22. The summed E-state index contributed by atoms with van der Waals surface area (Å²) in [5.74, 6) is 1.64. The van der Waals surface area contributed by atoms with Crippen molar-refractivity contribution in [1.82, 2.24) is 14.5 Å². The highest BCUT2D eigenvalue weighted by Crippen LogP contribution is 2.26. The van der Waals surface area contributed by atoms with Crippen LogP contribution in [0.4, 0.5) is 0 Å². The predicted octanol–water partition coefficient (Wildman–Crippen LogP) is 3.23. The Kier molecular flexibility index (Phi) is 4.60. The summed E-state index contributed by atoms with van der Waals surface area (Å²) in [4.78, 5) is 8.86.